The van der Waals surface area contributed by atoms with Gasteiger partial charge < -0.3 is 5.32 Å². The van der Waals surface area contributed by atoms with Crippen LogP contribution >= 0.6 is 0 Å². The lowest BCUT2D eigenvalue weighted by molar-refractivity contribution is 0.677. The summed E-state index contributed by atoms with van der Waals surface area (Å²) in [5.74, 6) is 0.870. The van der Waals surface area contributed by atoms with Crippen molar-refractivity contribution < 1.29 is 0 Å². The van der Waals surface area contributed by atoms with Gasteiger partial charge in [-0.05, 0) is 43.1 Å². The van der Waals surface area contributed by atoms with Crippen LogP contribution < -0.4 is 5.32 Å². The minimum absolute atomic E-state index is 0.851. The number of para-hydroxylation sites is 1. The highest BCUT2D eigenvalue weighted by atomic mass is 15.3. The summed E-state index contributed by atoms with van der Waals surface area (Å²) in [6.07, 6.45) is 4.99. The van der Waals surface area contributed by atoms with E-state index in [2.05, 4.69) is 41.6 Å². The summed E-state index contributed by atoms with van der Waals surface area (Å²) < 4.78 is 1.84. The molecule has 0 saturated carbocycles. The molecular weight excluding hydrogens is 260 g/mol. The molecule has 2 heterocycles. The van der Waals surface area contributed by atoms with Gasteiger partial charge in [0.25, 0.3) is 0 Å². The summed E-state index contributed by atoms with van der Waals surface area (Å²) in [6.45, 7) is 6.08. The number of benzene rings is 1. The Morgan fingerprint density at radius 1 is 1.24 bits per heavy atom. The van der Waals surface area contributed by atoms with Crippen molar-refractivity contribution in [2.75, 3.05) is 6.54 Å². The zero-order valence-corrected chi connectivity index (χ0v) is 12.5. The molecule has 0 aliphatic carbocycles. The second kappa shape index (κ2) is 6.06. The van der Waals surface area contributed by atoms with Crippen LogP contribution in [0.1, 0.15) is 24.5 Å². The predicted octanol–water partition coefficient (Wildman–Crippen LogP) is 3.23. The van der Waals surface area contributed by atoms with Crippen molar-refractivity contribution in [1.82, 2.24) is 20.1 Å². The van der Waals surface area contributed by atoms with Gasteiger partial charge in [-0.1, -0.05) is 25.1 Å². The Balaban J connectivity index is 2.05. The molecule has 3 aromatic rings. The Labute approximate surface area is 124 Å². The van der Waals surface area contributed by atoms with E-state index in [0.717, 1.165) is 36.4 Å². The molecule has 0 aliphatic heterocycles. The molecule has 2 aromatic heterocycles. The first-order valence-corrected chi connectivity index (χ1v) is 7.39. The third kappa shape index (κ3) is 2.95. The van der Waals surface area contributed by atoms with Crippen molar-refractivity contribution in [1.29, 1.82) is 0 Å². The summed E-state index contributed by atoms with van der Waals surface area (Å²) in [4.78, 5) is 4.72. The van der Waals surface area contributed by atoms with Crippen molar-refractivity contribution in [3.05, 3.63) is 53.9 Å². The molecule has 0 spiro atoms. The molecule has 0 bridgehead atoms. The lowest BCUT2D eigenvalue weighted by atomic mass is 10.1. The second-order valence-electron chi connectivity index (χ2n) is 5.30. The first-order valence-electron chi connectivity index (χ1n) is 7.39. The minimum Gasteiger partial charge on any atom is -0.313 e. The second-order valence-corrected chi connectivity index (χ2v) is 5.30. The molecule has 0 unspecified atom stereocenters. The molecule has 4 nitrogen and oxygen atoms in total. The van der Waals surface area contributed by atoms with Gasteiger partial charge in [0.1, 0.15) is 0 Å². The number of nitrogens with zero attached hydrogens (tertiary/aromatic N) is 3. The number of pyridine rings is 1. The van der Waals surface area contributed by atoms with E-state index in [4.69, 9.17) is 4.98 Å². The molecular formula is C17H20N4. The van der Waals surface area contributed by atoms with Gasteiger partial charge >= 0.3 is 0 Å². The first-order chi connectivity index (χ1) is 10.3. The molecule has 0 radical (unpaired) electrons. The van der Waals surface area contributed by atoms with Crippen molar-refractivity contribution in [3.8, 4) is 5.82 Å². The Hall–Kier alpha value is -2.20. The molecule has 0 fully saturated rings. The van der Waals surface area contributed by atoms with Gasteiger partial charge in [0.15, 0.2) is 5.82 Å². The third-order valence-corrected chi connectivity index (χ3v) is 3.48. The van der Waals surface area contributed by atoms with Crippen LogP contribution in [-0.4, -0.2) is 21.3 Å². The van der Waals surface area contributed by atoms with E-state index in [9.17, 15) is 0 Å². The molecule has 3 rings (SSSR count). The Morgan fingerprint density at radius 3 is 2.86 bits per heavy atom. The molecule has 1 N–H and O–H groups in total. The minimum atomic E-state index is 0.851. The molecule has 0 aliphatic rings. The average molecular weight is 280 g/mol. The fourth-order valence-corrected chi connectivity index (χ4v) is 2.43. The van der Waals surface area contributed by atoms with E-state index in [1.54, 1.807) is 0 Å². The van der Waals surface area contributed by atoms with Crippen LogP contribution in [0.4, 0.5) is 0 Å². The van der Waals surface area contributed by atoms with Gasteiger partial charge in [0.05, 0.1) is 11.7 Å². The van der Waals surface area contributed by atoms with Gasteiger partial charge in [-0.3, -0.25) is 0 Å². The fourth-order valence-electron chi connectivity index (χ4n) is 2.43. The number of hydrogen-bond donors (Lipinski definition) is 1. The topological polar surface area (TPSA) is 42.7 Å². The number of nitrogens with one attached hydrogen (secondary N) is 1. The highest BCUT2D eigenvalue weighted by Gasteiger charge is 2.07. The molecule has 1 aromatic carbocycles. The van der Waals surface area contributed by atoms with Crippen LogP contribution in [0.5, 0.6) is 0 Å². The molecule has 0 amide bonds. The van der Waals surface area contributed by atoms with Gasteiger partial charge in [0.2, 0.25) is 0 Å². The Morgan fingerprint density at radius 2 is 2.10 bits per heavy atom. The van der Waals surface area contributed by atoms with Crippen LogP contribution in [-0.2, 0) is 6.54 Å². The predicted molar refractivity (Wildman–Crippen MR) is 85.6 cm³/mol. The van der Waals surface area contributed by atoms with Crippen molar-refractivity contribution in [2.45, 2.75) is 26.8 Å². The molecule has 108 valence electrons. The van der Waals surface area contributed by atoms with Gasteiger partial charge in [-0.25, -0.2) is 9.67 Å². The van der Waals surface area contributed by atoms with E-state index >= 15 is 0 Å². The summed E-state index contributed by atoms with van der Waals surface area (Å²) in [7, 11) is 0. The van der Waals surface area contributed by atoms with Crippen LogP contribution in [0.15, 0.2) is 42.7 Å². The lowest BCUT2D eigenvalue weighted by Gasteiger charge is -2.10. The zero-order valence-electron chi connectivity index (χ0n) is 12.5. The van der Waals surface area contributed by atoms with Crippen LogP contribution in [0.2, 0.25) is 0 Å². The summed E-state index contributed by atoms with van der Waals surface area (Å²) in [5, 5.41) is 9.04. The zero-order chi connectivity index (χ0) is 14.7. The fraction of sp³-hybridized carbons (Fsp3) is 0.294. The standard InChI is InChI=1S/C17H20N4/c1-3-8-18-11-14-9-17(21-12-13(2)10-19-21)20-16-7-5-4-6-15(14)16/h4-7,9-10,12,18H,3,8,11H2,1-2H3. The van der Waals surface area contributed by atoms with Crippen LogP contribution in [0.3, 0.4) is 0 Å². The Bertz CT molecular complexity index is 745. The Kier molecular flexibility index (Phi) is 3.97. The maximum absolute atomic E-state index is 4.72. The van der Waals surface area contributed by atoms with E-state index in [-0.39, 0.29) is 0 Å². The average Bonchev–Trinajstić information content (AvgIpc) is 2.94. The van der Waals surface area contributed by atoms with Crippen LogP contribution in [0, 0.1) is 6.92 Å². The largest absolute Gasteiger partial charge is 0.313 e. The summed E-state index contributed by atoms with van der Waals surface area (Å²) >= 11 is 0. The molecule has 4 heteroatoms. The number of fused-ring (bicyclic) bond motifs is 1. The first kappa shape index (κ1) is 13.8. The van der Waals surface area contributed by atoms with Crippen molar-refractivity contribution in [2.24, 2.45) is 0 Å². The number of hydrogen-bond acceptors (Lipinski definition) is 3. The maximum atomic E-state index is 4.72. The van der Waals surface area contributed by atoms with Crippen LogP contribution in [0.25, 0.3) is 16.7 Å². The van der Waals surface area contributed by atoms with E-state index in [0.29, 0.717) is 0 Å². The highest BCUT2D eigenvalue weighted by molar-refractivity contribution is 5.83. The quantitative estimate of drug-likeness (QED) is 0.730. The van der Waals surface area contributed by atoms with E-state index in [1.165, 1.54) is 10.9 Å². The summed E-state index contributed by atoms with van der Waals surface area (Å²) in [6, 6.07) is 10.4. The maximum Gasteiger partial charge on any atom is 0.154 e. The monoisotopic (exact) mass is 280 g/mol. The molecule has 0 atom stereocenters. The SMILES string of the molecule is CCCNCc1cc(-n2cc(C)cn2)nc2ccccc12. The normalized spacial score (nSPS) is 11.1. The van der Waals surface area contributed by atoms with E-state index in [1.807, 2.05) is 30.1 Å². The van der Waals surface area contributed by atoms with Crippen molar-refractivity contribution in [3.63, 3.8) is 0 Å². The van der Waals surface area contributed by atoms with Gasteiger partial charge in [0, 0.05) is 18.1 Å². The number of aromatic nitrogens is 3. The lowest BCUT2D eigenvalue weighted by Crippen LogP contribution is -2.14. The molecule has 21 heavy (non-hydrogen) atoms. The third-order valence-electron chi connectivity index (χ3n) is 3.48. The smallest absolute Gasteiger partial charge is 0.154 e. The summed E-state index contributed by atoms with van der Waals surface area (Å²) in [5.41, 5.74) is 3.41. The van der Waals surface area contributed by atoms with E-state index < -0.39 is 0 Å². The number of aryl methyl sites for hydroxylation is 1. The molecule has 0 saturated heterocycles. The van der Waals surface area contributed by atoms with Gasteiger partial charge in [-0.15, -0.1) is 0 Å². The number of rotatable bonds is 5. The highest BCUT2D eigenvalue weighted by Crippen LogP contribution is 2.20. The van der Waals surface area contributed by atoms with Gasteiger partial charge in [-0.2, -0.15) is 5.10 Å². The van der Waals surface area contributed by atoms with Crippen molar-refractivity contribution >= 4 is 10.9 Å².